The number of aliphatic hydroxyl groups is 1. The zero-order valence-corrected chi connectivity index (χ0v) is 24.3. The van der Waals surface area contributed by atoms with E-state index in [1.165, 1.54) is 0 Å². The number of hydrogen-bond acceptors (Lipinski definition) is 8. The second-order valence-corrected chi connectivity index (χ2v) is 11.4. The van der Waals surface area contributed by atoms with Crippen molar-refractivity contribution in [3.05, 3.63) is 11.3 Å². The summed E-state index contributed by atoms with van der Waals surface area (Å²) in [6, 6.07) is -3.00. The Morgan fingerprint density at radius 1 is 0.975 bits per heavy atom. The summed E-state index contributed by atoms with van der Waals surface area (Å²) >= 11 is 0. The second-order valence-electron chi connectivity index (χ2n) is 11.4. The number of guanidine groups is 1. The molecular formula is C27H47N7O6. The van der Waals surface area contributed by atoms with E-state index in [1.54, 1.807) is 20.8 Å². The molecule has 0 aromatic heterocycles. The van der Waals surface area contributed by atoms with Crippen LogP contribution in [0, 0.1) is 11.3 Å². The van der Waals surface area contributed by atoms with E-state index in [4.69, 9.17) is 17.2 Å². The highest BCUT2D eigenvalue weighted by Gasteiger charge is 2.34. The van der Waals surface area contributed by atoms with Crippen LogP contribution < -0.4 is 27.8 Å². The number of aliphatic imine (C=N–C) groups is 2. The van der Waals surface area contributed by atoms with Crippen molar-refractivity contribution in [2.45, 2.75) is 97.7 Å². The number of nitrogens with two attached hydrogens (primary N) is 3. The van der Waals surface area contributed by atoms with Crippen molar-refractivity contribution < 1.29 is 29.4 Å². The highest BCUT2D eigenvalue weighted by molar-refractivity contribution is 6.22. The van der Waals surface area contributed by atoms with Gasteiger partial charge in [0.1, 0.15) is 17.8 Å². The first-order valence-corrected chi connectivity index (χ1v) is 13.7. The predicted molar refractivity (Wildman–Crippen MR) is 154 cm³/mol. The van der Waals surface area contributed by atoms with Crippen molar-refractivity contribution in [1.29, 1.82) is 0 Å². The molecule has 0 fully saturated rings. The van der Waals surface area contributed by atoms with Gasteiger partial charge in [-0.1, -0.05) is 27.7 Å². The first-order valence-electron chi connectivity index (χ1n) is 13.7. The molecule has 1 aliphatic rings. The number of carboxylic acids is 1. The molecule has 226 valence electrons. The van der Waals surface area contributed by atoms with Crippen molar-refractivity contribution in [1.82, 2.24) is 10.6 Å². The number of Topliss-reactive ketones (excluding diaryl/α,β-unsaturated/α-hetero) is 1. The van der Waals surface area contributed by atoms with Gasteiger partial charge >= 0.3 is 5.97 Å². The molecule has 0 spiro atoms. The topological polar surface area (TPSA) is 236 Å². The first-order chi connectivity index (χ1) is 18.6. The third kappa shape index (κ3) is 11.7. The Labute approximate surface area is 236 Å². The molecule has 13 heteroatoms. The smallest absolute Gasteiger partial charge is 0.326 e. The summed E-state index contributed by atoms with van der Waals surface area (Å²) < 4.78 is 0. The van der Waals surface area contributed by atoms with Gasteiger partial charge in [0.05, 0.1) is 11.6 Å². The average molecular weight is 566 g/mol. The molecular weight excluding hydrogens is 518 g/mol. The molecule has 13 nitrogen and oxygen atoms in total. The molecule has 0 saturated heterocycles. The zero-order chi connectivity index (χ0) is 30.6. The highest BCUT2D eigenvalue weighted by atomic mass is 16.4. The van der Waals surface area contributed by atoms with Crippen LogP contribution in [0.25, 0.3) is 0 Å². The van der Waals surface area contributed by atoms with E-state index in [9.17, 15) is 29.4 Å². The lowest BCUT2D eigenvalue weighted by atomic mass is 9.76. The van der Waals surface area contributed by atoms with Gasteiger partial charge in [-0.3, -0.25) is 24.4 Å². The fourth-order valence-corrected chi connectivity index (χ4v) is 4.45. The number of ketones is 1. The maximum absolute atomic E-state index is 12.8. The summed E-state index contributed by atoms with van der Waals surface area (Å²) in [6.07, 6.45) is 2.77. The molecule has 2 amide bonds. The van der Waals surface area contributed by atoms with E-state index in [0.29, 0.717) is 56.4 Å². The highest BCUT2D eigenvalue weighted by Crippen LogP contribution is 2.36. The SMILES string of the molecule is CC(=NCCCC[C@H](N)C(=O)N[C@H](C(=O)N[C@@H](CCCN=C(N)N)C(=O)O)C(C)C)C1=C(O)CC(C)(C)CC1=O. The molecule has 0 heterocycles. The van der Waals surface area contributed by atoms with Crippen molar-refractivity contribution >= 4 is 35.2 Å². The third-order valence-electron chi connectivity index (χ3n) is 6.63. The Kier molecular flexibility index (Phi) is 13.8. The number of carbonyl (C=O) groups is 4. The monoisotopic (exact) mass is 565 g/mol. The number of hydrogen-bond donors (Lipinski definition) is 7. The standard InChI is InChI=1S/C27H47N7O6/c1-15(2)22(24(38)33-18(25(39)40)10-8-12-32-26(29)30)34-23(37)17(28)9-6-7-11-31-16(3)21-19(35)13-27(4,5)14-20(21)36/h15,17-18,22,35H,6-14,28H2,1-5H3,(H,33,38)(H,34,37)(H,39,40)(H4,29,30,32)/t17-,18-,22-/m0/s1. The van der Waals surface area contributed by atoms with E-state index in [1.807, 2.05) is 13.8 Å². The largest absolute Gasteiger partial charge is 0.511 e. The van der Waals surface area contributed by atoms with E-state index in [2.05, 4.69) is 20.6 Å². The number of unbranched alkanes of at least 4 members (excludes halogenated alkanes) is 1. The van der Waals surface area contributed by atoms with Gasteiger partial charge in [-0.2, -0.15) is 0 Å². The molecule has 3 atom stereocenters. The number of rotatable bonds is 16. The van der Waals surface area contributed by atoms with Gasteiger partial charge in [-0.05, 0) is 50.4 Å². The minimum absolute atomic E-state index is 0.0746. The Bertz CT molecular complexity index is 1010. The molecule has 0 aromatic carbocycles. The maximum atomic E-state index is 12.8. The lowest BCUT2D eigenvalue weighted by Crippen LogP contribution is -2.56. The van der Waals surface area contributed by atoms with Gasteiger partial charge in [0.2, 0.25) is 11.8 Å². The van der Waals surface area contributed by atoms with Crippen LogP contribution in [0.2, 0.25) is 0 Å². The van der Waals surface area contributed by atoms with Gasteiger partial charge < -0.3 is 38.0 Å². The number of amides is 2. The molecule has 0 saturated carbocycles. The lowest BCUT2D eigenvalue weighted by Gasteiger charge is -2.29. The molecule has 1 aliphatic carbocycles. The van der Waals surface area contributed by atoms with E-state index >= 15 is 0 Å². The number of nitrogens with zero attached hydrogens (tertiary/aromatic N) is 2. The number of carboxylic acid groups (broad SMARTS) is 1. The predicted octanol–water partition coefficient (Wildman–Crippen LogP) is 0.910. The number of nitrogens with one attached hydrogen (secondary N) is 2. The second kappa shape index (κ2) is 15.9. The summed E-state index contributed by atoms with van der Waals surface area (Å²) in [4.78, 5) is 57.8. The van der Waals surface area contributed by atoms with E-state index < -0.39 is 35.9 Å². The number of aliphatic carboxylic acids is 1. The van der Waals surface area contributed by atoms with Crippen LogP contribution >= 0.6 is 0 Å². The Morgan fingerprint density at radius 3 is 2.15 bits per heavy atom. The number of carbonyl (C=O) groups excluding carboxylic acids is 3. The third-order valence-corrected chi connectivity index (χ3v) is 6.63. The van der Waals surface area contributed by atoms with Gasteiger partial charge in [0, 0.05) is 31.6 Å². The van der Waals surface area contributed by atoms with E-state index in [-0.39, 0.29) is 41.8 Å². The summed E-state index contributed by atoms with van der Waals surface area (Å²) in [7, 11) is 0. The normalized spacial score (nSPS) is 17.7. The van der Waals surface area contributed by atoms with E-state index in [0.717, 1.165) is 0 Å². The molecule has 0 aliphatic heterocycles. The Morgan fingerprint density at radius 2 is 1.60 bits per heavy atom. The van der Waals surface area contributed by atoms with Crippen LogP contribution in [-0.4, -0.2) is 76.7 Å². The number of allylic oxidation sites excluding steroid dienone is 2. The molecule has 0 aromatic rings. The molecule has 40 heavy (non-hydrogen) atoms. The van der Waals surface area contributed by atoms with Gasteiger partial charge in [0.25, 0.3) is 0 Å². The lowest BCUT2D eigenvalue weighted by molar-refractivity contribution is -0.142. The summed E-state index contributed by atoms with van der Waals surface area (Å²) in [5.74, 6) is -2.79. The van der Waals surface area contributed by atoms with Crippen molar-refractivity contribution in [2.24, 2.45) is 38.5 Å². The van der Waals surface area contributed by atoms with Gasteiger partial charge in [-0.15, -0.1) is 0 Å². The Hall–Kier alpha value is -3.48. The quantitative estimate of drug-likeness (QED) is 0.0798. The van der Waals surface area contributed by atoms with Crippen LogP contribution in [0.4, 0.5) is 0 Å². The minimum atomic E-state index is -1.20. The molecule has 1 rings (SSSR count). The zero-order valence-electron chi connectivity index (χ0n) is 24.3. The average Bonchev–Trinajstić information content (AvgIpc) is 2.81. The first kappa shape index (κ1) is 34.5. The molecule has 10 N–H and O–H groups in total. The van der Waals surface area contributed by atoms with Crippen LogP contribution in [0.5, 0.6) is 0 Å². The van der Waals surface area contributed by atoms with Gasteiger partial charge in [0.15, 0.2) is 11.7 Å². The van der Waals surface area contributed by atoms with Crippen LogP contribution in [0.3, 0.4) is 0 Å². The van der Waals surface area contributed by atoms with Crippen molar-refractivity contribution in [2.75, 3.05) is 13.1 Å². The summed E-state index contributed by atoms with van der Waals surface area (Å²) in [6.45, 7) is 9.67. The molecule has 0 unspecified atom stereocenters. The molecule has 0 radical (unpaired) electrons. The summed E-state index contributed by atoms with van der Waals surface area (Å²) in [5, 5.41) is 24.9. The van der Waals surface area contributed by atoms with Crippen LogP contribution in [0.1, 0.15) is 79.6 Å². The summed E-state index contributed by atoms with van der Waals surface area (Å²) in [5.41, 5.74) is 17.1. The van der Waals surface area contributed by atoms with Crippen LogP contribution in [-0.2, 0) is 19.2 Å². The fourth-order valence-electron chi connectivity index (χ4n) is 4.45. The number of aliphatic hydroxyl groups excluding tert-OH is 1. The minimum Gasteiger partial charge on any atom is -0.511 e. The van der Waals surface area contributed by atoms with Crippen LogP contribution in [0.15, 0.2) is 21.3 Å². The van der Waals surface area contributed by atoms with Gasteiger partial charge in [-0.25, -0.2) is 4.79 Å². The van der Waals surface area contributed by atoms with Crippen molar-refractivity contribution in [3.8, 4) is 0 Å². The van der Waals surface area contributed by atoms with Crippen molar-refractivity contribution in [3.63, 3.8) is 0 Å². The maximum Gasteiger partial charge on any atom is 0.326 e. The fraction of sp³-hybridized carbons (Fsp3) is 0.704. The molecule has 0 bridgehead atoms. The Balaban J connectivity index is 2.60.